The van der Waals surface area contributed by atoms with E-state index in [-0.39, 0.29) is 11.8 Å². The van der Waals surface area contributed by atoms with Gasteiger partial charge in [0.15, 0.2) is 0 Å². The number of likely N-dealkylation sites (tertiary alicyclic amines) is 1. The molecule has 24 heavy (non-hydrogen) atoms. The summed E-state index contributed by atoms with van der Waals surface area (Å²) >= 11 is 0. The molecule has 1 aliphatic heterocycles. The van der Waals surface area contributed by atoms with Gasteiger partial charge in [-0.15, -0.1) is 0 Å². The molecule has 0 spiro atoms. The molecule has 0 aliphatic carbocycles. The number of nitrogens with zero attached hydrogens (tertiary/aromatic N) is 5. The summed E-state index contributed by atoms with van der Waals surface area (Å²) in [5.74, 6) is 0.242. The normalized spacial score (nSPS) is 18.0. The van der Waals surface area contributed by atoms with Crippen LogP contribution in [0.5, 0.6) is 0 Å². The predicted octanol–water partition coefficient (Wildman–Crippen LogP) is 2.38. The minimum atomic E-state index is -0.0473. The smallest absolute Gasteiger partial charge is 0.274 e. The van der Waals surface area contributed by atoms with E-state index in [2.05, 4.69) is 15.1 Å². The fourth-order valence-electron chi connectivity index (χ4n) is 3.28. The third-order valence-electron chi connectivity index (χ3n) is 4.53. The first-order valence-electron chi connectivity index (χ1n) is 8.21. The molecule has 6 nitrogen and oxygen atoms in total. The molecule has 122 valence electrons. The van der Waals surface area contributed by atoms with E-state index in [1.165, 1.54) is 0 Å². The number of aryl methyl sites for hydroxylation is 1. The van der Waals surface area contributed by atoms with Crippen LogP contribution in [0.1, 0.15) is 34.9 Å². The molecule has 0 N–H and O–H groups in total. The van der Waals surface area contributed by atoms with Gasteiger partial charge in [0.2, 0.25) is 0 Å². The molecule has 2 aromatic heterocycles. The average Bonchev–Trinajstić information content (AvgIpc) is 3.07. The van der Waals surface area contributed by atoms with Crippen molar-refractivity contribution in [1.29, 1.82) is 0 Å². The van der Waals surface area contributed by atoms with Gasteiger partial charge in [-0.3, -0.25) is 14.5 Å². The second-order valence-corrected chi connectivity index (χ2v) is 6.25. The zero-order chi connectivity index (χ0) is 16.5. The quantitative estimate of drug-likeness (QED) is 0.727. The van der Waals surface area contributed by atoms with Crippen LogP contribution in [0.25, 0.3) is 11.0 Å². The van der Waals surface area contributed by atoms with Crippen molar-refractivity contribution >= 4 is 16.9 Å². The van der Waals surface area contributed by atoms with Gasteiger partial charge in [0.05, 0.1) is 22.9 Å². The lowest BCUT2D eigenvalue weighted by Gasteiger charge is -2.31. The molecule has 1 amide bonds. The SMILES string of the molecule is Cn1ccc(C2CCCN(C(=O)c3cnc4ccccc4n3)C2)n1. The Labute approximate surface area is 140 Å². The van der Waals surface area contributed by atoms with Crippen LogP contribution < -0.4 is 0 Å². The maximum absolute atomic E-state index is 12.8. The third-order valence-corrected chi connectivity index (χ3v) is 4.53. The molecular weight excluding hydrogens is 302 g/mol. The molecule has 1 aromatic carbocycles. The molecule has 1 fully saturated rings. The fourth-order valence-corrected chi connectivity index (χ4v) is 3.28. The van der Waals surface area contributed by atoms with E-state index in [9.17, 15) is 4.79 Å². The van der Waals surface area contributed by atoms with Crippen LogP contribution in [0.3, 0.4) is 0 Å². The Balaban J connectivity index is 1.56. The van der Waals surface area contributed by atoms with Crippen LogP contribution in [0.4, 0.5) is 0 Å². The van der Waals surface area contributed by atoms with Crippen LogP contribution in [0.2, 0.25) is 0 Å². The maximum Gasteiger partial charge on any atom is 0.274 e. The van der Waals surface area contributed by atoms with Gasteiger partial charge in [-0.2, -0.15) is 5.10 Å². The molecule has 6 heteroatoms. The van der Waals surface area contributed by atoms with E-state index in [0.717, 1.165) is 36.1 Å². The number of carbonyl (C=O) groups excluding carboxylic acids is 1. The van der Waals surface area contributed by atoms with Crippen molar-refractivity contribution in [1.82, 2.24) is 24.6 Å². The van der Waals surface area contributed by atoms with E-state index in [1.54, 1.807) is 6.20 Å². The second-order valence-electron chi connectivity index (χ2n) is 6.25. The van der Waals surface area contributed by atoms with Gasteiger partial charge in [-0.1, -0.05) is 12.1 Å². The van der Waals surface area contributed by atoms with Gasteiger partial charge in [0.1, 0.15) is 5.69 Å². The van der Waals surface area contributed by atoms with Crippen LogP contribution in [0, 0.1) is 0 Å². The summed E-state index contributed by atoms with van der Waals surface area (Å²) in [6.45, 7) is 1.45. The summed E-state index contributed by atoms with van der Waals surface area (Å²) in [5.41, 5.74) is 3.02. The minimum absolute atomic E-state index is 0.0473. The molecule has 0 radical (unpaired) electrons. The van der Waals surface area contributed by atoms with Gasteiger partial charge >= 0.3 is 0 Å². The topological polar surface area (TPSA) is 63.9 Å². The first kappa shape index (κ1) is 14.8. The Kier molecular flexibility index (Phi) is 3.72. The first-order chi connectivity index (χ1) is 11.7. The Morgan fingerprint density at radius 1 is 1.21 bits per heavy atom. The van der Waals surface area contributed by atoms with E-state index in [1.807, 2.05) is 53.2 Å². The average molecular weight is 321 g/mol. The number of carbonyl (C=O) groups is 1. The zero-order valence-corrected chi connectivity index (χ0v) is 13.6. The predicted molar refractivity (Wildman–Crippen MR) is 90.6 cm³/mol. The number of amides is 1. The molecule has 0 saturated carbocycles. The number of piperidine rings is 1. The van der Waals surface area contributed by atoms with E-state index in [0.29, 0.717) is 12.2 Å². The summed E-state index contributed by atoms with van der Waals surface area (Å²) in [6.07, 6.45) is 5.57. The summed E-state index contributed by atoms with van der Waals surface area (Å²) in [6, 6.07) is 9.64. The van der Waals surface area contributed by atoms with Crippen molar-refractivity contribution in [3.05, 3.63) is 54.1 Å². The minimum Gasteiger partial charge on any atom is -0.337 e. The number of aromatic nitrogens is 4. The molecule has 1 aliphatic rings. The number of para-hydroxylation sites is 2. The maximum atomic E-state index is 12.8. The third kappa shape index (κ3) is 2.75. The summed E-state index contributed by atoms with van der Waals surface area (Å²) in [7, 11) is 1.92. The summed E-state index contributed by atoms with van der Waals surface area (Å²) in [5, 5.41) is 4.49. The molecular formula is C18H19N5O. The highest BCUT2D eigenvalue weighted by Gasteiger charge is 2.27. The first-order valence-corrected chi connectivity index (χ1v) is 8.21. The highest BCUT2D eigenvalue weighted by Crippen LogP contribution is 2.26. The van der Waals surface area contributed by atoms with Gasteiger partial charge in [-0.05, 0) is 31.0 Å². The highest BCUT2D eigenvalue weighted by atomic mass is 16.2. The highest BCUT2D eigenvalue weighted by molar-refractivity contribution is 5.93. The lowest BCUT2D eigenvalue weighted by molar-refractivity contribution is 0.0699. The molecule has 1 atom stereocenters. The van der Waals surface area contributed by atoms with Gasteiger partial charge < -0.3 is 4.90 Å². The molecule has 1 saturated heterocycles. The molecule has 1 unspecified atom stereocenters. The lowest BCUT2D eigenvalue weighted by Crippen LogP contribution is -2.39. The Hall–Kier alpha value is -2.76. The standard InChI is InChI=1S/C18H19N5O/c1-22-10-8-14(21-22)13-5-4-9-23(12-13)18(24)17-11-19-15-6-2-3-7-16(15)20-17/h2-3,6-8,10-11,13H,4-5,9,12H2,1H3. The van der Waals surface area contributed by atoms with Crippen LogP contribution in [0.15, 0.2) is 42.7 Å². The number of benzene rings is 1. The second kappa shape index (κ2) is 6.03. The van der Waals surface area contributed by atoms with E-state index in [4.69, 9.17) is 0 Å². The van der Waals surface area contributed by atoms with Gasteiger partial charge in [-0.25, -0.2) is 4.98 Å². The fraction of sp³-hybridized carbons (Fsp3) is 0.333. The summed E-state index contributed by atoms with van der Waals surface area (Å²) in [4.78, 5) is 23.5. The van der Waals surface area contributed by atoms with Crippen molar-refractivity contribution in [2.75, 3.05) is 13.1 Å². The van der Waals surface area contributed by atoms with Crippen molar-refractivity contribution in [3.8, 4) is 0 Å². The summed E-state index contributed by atoms with van der Waals surface area (Å²) < 4.78 is 1.81. The van der Waals surface area contributed by atoms with E-state index >= 15 is 0 Å². The van der Waals surface area contributed by atoms with Gasteiger partial charge in [0, 0.05) is 32.3 Å². The number of hydrogen-bond acceptors (Lipinski definition) is 4. The molecule has 0 bridgehead atoms. The van der Waals surface area contributed by atoms with E-state index < -0.39 is 0 Å². The van der Waals surface area contributed by atoms with Gasteiger partial charge in [0.25, 0.3) is 5.91 Å². The zero-order valence-electron chi connectivity index (χ0n) is 13.6. The largest absolute Gasteiger partial charge is 0.337 e. The number of fused-ring (bicyclic) bond motifs is 1. The molecule has 3 aromatic rings. The monoisotopic (exact) mass is 321 g/mol. The van der Waals surface area contributed by atoms with Crippen molar-refractivity contribution in [3.63, 3.8) is 0 Å². The van der Waals surface area contributed by atoms with Crippen LogP contribution in [-0.4, -0.2) is 43.6 Å². The Morgan fingerprint density at radius 3 is 2.83 bits per heavy atom. The Morgan fingerprint density at radius 2 is 2.04 bits per heavy atom. The van der Waals surface area contributed by atoms with Crippen molar-refractivity contribution in [2.24, 2.45) is 7.05 Å². The molecule has 3 heterocycles. The van der Waals surface area contributed by atoms with Crippen LogP contribution in [-0.2, 0) is 7.05 Å². The Bertz CT molecular complexity index is 888. The number of hydrogen-bond donors (Lipinski definition) is 0. The van der Waals surface area contributed by atoms with Crippen molar-refractivity contribution < 1.29 is 4.79 Å². The molecule has 4 rings (SSSR count). The van der Waals surface area contributed by atoms with Crippen molar-refractivity contribution in [2.45, 2.75) is 18.8 Å². The van der Waals surface area contributed by atoms with Crippen LogP contribution >= 0.6 is 0 Å². The number of rotatable bonds is 2. The lowest BCUT2D eigenvalue weighted by atomic mass is 9.95.